The van der Waals surface area contributed by atoms with Crippen molar-refractivity contribution in [2.75, 3.05) is 19.0 Å². The Bertz CT molecular complexity index is 515. The van der Waals surface area contributed by atoms with Gasteiger partial charge in [0.25, 0.3) is 0 Å². The summed E-state index contributed by atoms with van der Waals surface area (Å²) in [5, 5.41) is 0.683. The standard InChI is InChI=1S/C13H18BrNO3S/c1-18-12-5-7-13(8-6-12)19(16,17)15-9-3-2-4-11(15)10-14/h5-8,11H,2-4,9-10H2,1H3. The van der Waals surface area contributed by atoms with E-state index in [9.17, 15) is 8.42 Å². The fraction of sp³-hybridized carbons (Fsp3) is 0.538. The second kappa shape index (κ2) is 6.24. The predicted molar refractivity (Wildman–Crippen MR) is 78.3 cm³/mol. The fourth-order valence-corrected chi connectivity index (χ4v) is 4.89. The summed E-state index contributed by atoms with van der Waals surface area (Å²) >= 11 is 3.41. The van der Waals surface area contributed by atoms with E-state index in [0.29, 0.717) is 22.5 Å². The molecule has 1 aromatic carbocycles. The molecule has 1 aromatic rings. The SMILES string of the molecule is COc1ccc(S(=O)(=O)N2CCCCC2CBr)cc1. The molecule has 0 aliphatic carbocycles. The van der Waals surface area contributed by atoms with E-state index in [4.69, 9.17) is 4.74 Å². The van der Waals surface area contributed by atoms with Gasteiger partial charge in [0.05, 0.1) is 12.0 Å². The Morgan fingerprint density at radius 3 is 2.58 bits per heavy atom. The summed E-state index contributed by atoms with van der Waals surface area (Å²) in [5.74, 6) is 0.662. The summed E-state index contributed by atoms with van der Waals surface area (Å²) in [4.78, 5) is 0.334. The molecule has 0 N–H and O–H groups in total. The molecule has 1 atom stereocenters. The van der Waals surface area contributed by atoms with Crippen molar-refractivity contribution >= 4 is 26.0 Å². The van der Waals surface area contributed by atoms with Crippen LogP contribution in [0.4, 0.5) is 0 Å². The van der Waals surface area contributed by atoms with E-state index in [0.717, 1.165) is 19.3 Å². The molecule has 19 heavy (non-hydrogen) atoms. The Balaban J connectivity index is 2.29. The van der Waals surface area contributed by atoms with Crippen molar-refractivity contribution in [1.29, 1.82) is 0 Å². The van der Waals surface area contributed by atoms with Crippen molar-refractivity contribution in [2.45, 2.75) is 30.2 Å². The molecule has 0 aromatic heterocycles. The molecule has 1 aliphatic heterocycles. The molecule has 1 heterocycles. The number of nitrogens with zero attached hydrogens (tertiary/aromatic N) is 1. The van der Waals surface area contributed by atoms with Crippen molar-refractivity contribution in [2.24, 2.45) is 0 Å². The van der Waals surface area contributed by atoms with E-state index >= 15 is 0 Å². The van der Waals surface area contributed by atoms with Gasteiger partial charge in [0.1, 0.15) is 5.75 Å². The van der Waals surface area contributed by atoms with Gasteiger partial charge in [-0.3, -0.25) is 0 Å². The molecule has 4 nitrogen and oxygen atoms in total. The summed E-state index contributed by atoms with van der Waals surface area (Å²) in [6, 6.07) is 6.63. The van der Waals surface area contributed by atoms with Crippen LogP contribution in [0.25, 0.3) is 0 Å². The lowest BCUT2D eigenvalue weighted by atomic mass is 10.1. The van der Waals surface area contributed by atoms with Crippen molar-refractivity contribution in [3.8, 4) is 5.75 Å². The van der Waals surface area contributed by atoms with Crippen LogP contribution in [0, 0.1) is 0 Å². The van der Waals surface area contributed by atoms with Crippen molar-refractivity contribution in [3.63, 3.8) is 0 Å². The molecule has 1 fully saturated rings. The van der Waals surface area contributed by atoms with Crippen LogP contribution in [0.5, 0.6) is 5.75 Å². The van der Waals surface area contributed by atoms with Crippen molar-refractivity contribution in [1.82, 2.24) is 4.31 Å². The van der Waals surface area contributed by atoms with E-state index in [1.54, 1.807) is 35.7 Å². The lowest BCUT2D eigenvalue weighted by molar-refractivity contribution is 0.273. The molecule has 2 rings (SSSR count). The summed E-state index contributed by atoms with van der Waals surface area (Å²) in [6.45, 7) is 0.602. The molecule has 0 radical (unpaired) electrons. The molecule has 0 saturated carbocycles. The van der Waals surface area contributed by atoms with Crippen LogP contribution in [-0.2, 0) is 10.0 Å². The first kappa shape index (κ1) is 14.8. The number of hydrogen-bond donors (Lipinski definition) is 0. The van der Waals surface area contributed by atoms with Gasteiger partial charge < -0.3 is 4.74 Å². The number of ether oxygens (including phenoxy) is 1. The Hall–Kier alpha value is -0.590. The van der Waals surface area contributed by atoms with Gasteiger partial charge in [0, 0.05) is 17.9 Å². The van der Waals surface area contributed by atoms with Crippen LogP contribution in [0.1, 0.15) is 19.3 Å². The van der Waals surface area contributed by atoms with Crippen LogP contribution in [0.2, 0.25) is 0 Å². The Kier molecular flexibility index (Phi) is 4.86. The normalized spacial score (nSPS) is 21.3. The molecule has 0 amide bonds. The number of benzene rings is 1. The molecular weight excluding hydrogens is 330 g/mol. The van der Waals surface area contributed by atoms with Crippen LogP contribution < -0.4 is 4.74 Å². The zero-order chi connectivity index (χ0) is 13.9. The quantitative estimate of drug-likeness (QED) is 0.786. The average Bonchev–Trinajstić information content (AvgIpc) is 2.47. The largest absolute Gasteiger partial charge is 0.497 e. The zero-order valence-corrected chi connectivity index (χ0v) is 13.3. The van der Waals surface area contributed by atoms with E-state index < -0.39 is 10.0 Å². The van der Waals surface area contributed by atoms with Gasteiger partial charge in [-0.05, 0) is 37.1 Å². The van der Waals surface area contributed by atoms with Crippen LogP contribution >= 0.6 is 15.9 Å². The maximum absolute atomic E-state index is 12.6. The van der Waals surface area contributed by atoms with Crippen molar-refractivity contribution < 1.29 is 13.2 Å². The second-order valence-corrected chi connectivity index (χ2v) is 7.13. The third-order valence-corrected chi connectivity index (χ3v) is 6.13. The molecule has 106 valence electrons. The lowest BCUT2D eigenvalue weighted by Crippen LogP contribution is -2.44. The Labute approximate surface area is 122 Å². The number of sulfonamides is 1. The smallest absolute Gasteiger partial charge is 0.243 e. The molecule has 1 aliphatic rings. The van der Waals surface area contributed by atoms with Crippen LogP contribution in [0.3, 0.4) is 0 Å². The molecule has 6 heteroatoms. The van der Waals surface area contributed by atoms with Gasteiger partial charge in [-0.25, -0.2) is 8.42 Å². The van der Waals surface area contributed by atoms with E-state index in [1.165, 1.54) is 0 Å². The van der Waals surface area contributed by atoms with Gasteiger partial charge in [-0.1, -0.05) is 22.4 Å². The molecule has 1 unspecified atom stereocenters. The first-order chi connectivity index (χ1) is 9.09. The monoisotopic (exact) mass is 347 g/mol. The lowest BCUT2D eigenvalue weighted by Gasteiger charge is -2.33. The van der Waals surface area contributed by atoms with Crippen LogP contribution in [-0.4, -0.2) is 37.7 Å². The summed E-state index contributed by atoms with van der Waals surface area (Å²) < 4.78 is 31.9. The third kappa shape index (κ3) is 3.12. The first-order valence-corrected chi connectivity index (χ1v) is 8.87. The minimum absolute atomic E-state index is 0.0563. The van der Waals surface area contributed by atoms with E-state index in [1.807, 2.05) is 0 Å². The van der Waals surface area contributed by atoms with Gasteiger partial charge in [-0.15, -0.1) is 0 Å². The number of methoxy groups -OCH3 is 1. The highest BCUT2D eigenvalue weighted by Crippen LogP contribution is 2.27. The van der Waals surface area contributed by atoms with E-state index in [-0.39, 0.29) is 6.04 Å². The molecule has 0 bridgehead atoms. The molecule has 0 spiro atoms. The first-order valence-electron chi connectivity index (χ1n) is 6.31. The van der Waals surface area contributed by atoms with Gasteiger partial charge in [0.15, 0.2) is 0 Å². The predicted octanol–water partition coefficient (Wildman–Crippen LogP) is 2.63. The molecular formula is C13H18BrNO3S. The zero-order valence-electron chi connectivity index (χ0n) is 10.9. The highest BCUT2D eigenvalue weighted by atomic mass is 79.9. The summed E-state index contributed by atoms with van der Waals surface area (Å²) in [6.07, 6.45) is 2.93. The van der Waals surface area contributed by atoms with E-state index in [2.05, 4.69) is 15.9 Å². The topological polar surface area (TPSA) is 46.6 Å². The molecule has 1 saturated heterocycles. The number of halogens is 1. The van der Waals surface area contributed by atoms with Crippen molar-refractivity contribution in [3.05, 3.63) is 24.3 Å². The van der Waals surface area contributed by atoms with Gasteiger partial charge in [-0.2, -0.15) is 4.31 Å². The van der Waals surface area contributed by atoms with Gasteiger partial charge in [0.2, 0.25) is 10.0 Å². The number of hydrogen-bond acceptors (Lipinski definition) is 3. The number of piperidine rings is 1. The summed E-state index contributed by atoms with van der Waals surface area (Å²) in [7, 11) is -1.84. The van der Waals surface area contributed by atoms with Crippen LogP contribution in [0.15, 0.2) is 29.2 Å². The summed E-state index contributed by atoms with van der Waals surface area (Å²) in [5.41, 5.74) is 0. The average molecular weight is 348 g/mol. The van der Waals surface area contributed by atoms with Gasteiger partial charge >= 0.3 is 0 Å². The number of rotatable bonds is 4. The number of alkyl halides is 1. The highest BCUT2D eigenvalue weighted by molar-refractivity contribution is 9.09. The highest BCUT2D eigenvalue weighted by Gasteiger charge is 2.32. The minimum Gasteiger partial charge on any atom is -0.497 e. The third-order valence-electron chi connectivity index (χ3n) is 3.42. The maximum atomic E-state index is 12.6. The minimum atomic E-state index is -3.40. The fourth-order valence-electron chi connectivity index (χ4n) is 2.33. The Morgan fingerprint density at radius 2 is 2.00 bits per heavy atom. The maximum Gasteiger partial charge on any atom is 0.243 e. The second-order valence-electron chi connectivity index (χ2n) is 4.60. The Morgan fingerprint density at radius 1 is 1.32 bits per heavy atom.